The summed E-state index contributed by atoms with van der Waals surface area (Å²) in [5.41, 5.74) is 0. The Balaban J connectivity index is 2.56. The second kappa shape index (κ2) is 5.47. The van der Waals surface area contributed by atoms with E-state index >= 15 is 0 Å². The molecule has 0 saturated carbocycles. The summed E-state index contributed by atoms with van der Waals surface area (Å²) in [7, 11) is 0. The van der Waals surface area contributed by atoms with Gasteiger partial charge in [0.2, 0.25) is 6.41 Å². The van der Waals surface area contributed by atoms with Gasteiger partial charge in [-0.15, -0.1) is 0 Å². The highest BCUT2D eigenvalue weighted by atomic mass is 16.1. The maximum atomic E-state index is 9.55. The second-order valence-corrected chi connectivity index (χ2v) is 1.27. The first kappa shape index (κ1) is 6.47. The van der Waals surface area contributed by atoms with Gasteiger partial charge in [-0.05, 0) is 12.8 Å². The van der Waals surface area contributed by atoms with Crippen LogP contribution in [0, 0.1) is 6.42 Å². The molecule has 0 aliphatic rings. The van der Waals surface area contributed by atoms with Crippen molar-refractivity contribution in [2.24, 2.45) is 0 Å². The monoisotopic (exact) mass is 100 g/mol. The van der Waals surface area contributed by atoms with Crippen molar-refractivity contribution < 1.29 is 4.79 Å². The summed E-state index contributed by atoms with van der Waals surface area (Å²) in [4.78, 5) is 9.55. The van der Waals surface area contributed by atoms with E-state index in [9.17, 15) is 4.79 Å². The van der Waals surface area contributed by atoms with E-state index in [-0.39, 0.29) is 0 Å². The molecule has 1 radical (unpaired) electrons. The third-order valence-corrected chi connectivity index (χ3v) is 0.661. The van der Waals surface area contributed by atoms with Gasteiger partial charge in [0, 0.05) is 6.54 Å². The summed E-state index contributed by atoms with van der Waals surface area (Å²) >= 11 is 0. The molecule has 0 unspecified atom stereocenters. The van der Waals surface area contributed by atoms with Crippen LogP contribution >= 0.6 is 0 Å². The van der Waals surface area contributed by atoms with E-state index < -0.39 is 0 Å². The summed E-state index contributed by atoms with van der Waals surface area (Å²) in [6.45, 7) is 2.73. The molecule has 2 heteroatoms. The van der Waals surface area contributed by atoms with Gasteiger partial charge in [-0.25, -0.2) is 0 Å². The van der Waals surface area contributed by atoms with Gasteiger partial charge >= 0.3 is 0 Å². The molecule has 0 aliphatic heterocycles. The quantitative estimate of drug-likeness (QED) is 0.400. The molecule has 0 rings (SSSR count). The van der Waals surface area contributed by atoms with Crippen LogP contribution < -0.4 is 5.32 Å². The van der Waals surface area contributed by atoms with Crippen LogP contribution in [0.15, 0.2) is 0 Å². The molecule has 0 spiro atoms. The molecule has 0 aliphatic carbocycles. The molecule has 0 aromatic rings. The molecule has 7 heavy (non-hydrogen) atoms. The fourth-order valence-electron chi connectivity index (χ4n) is 0.287. The normalized spacial score (nSPS) is 8.14. The van der Waals surface area contributed by atoms with Gasteiger partial charge in [0.15, 0.2) is 0 Å². The standard InChI is InChI=1S/C5H10NO/c1-2-3-4-6-5-7/h2,5H,3-4H2,1H3,(H,6,7). The average molecular weight is 100 g/mol. The minimum atomic E-state index is 0.712. The predicted octanol–water partition coefficient (Wildman–Crippen LogP) is 0.347. The minimum Gasteiger partial charge on any atom is -0.359 e. The Morgan fingerprint density at radius 3 is 2.86 bits per heavy atom. The van der Waals surface area contributed by atoms with Crippen LogP contribution in [0.2, 0.25) is 0 Å². The molecule has 2 nitrogen and oxygen atoms in total. The van der Waals surface area contributed by atoms with Crippen molar-refractivity contribution in [3.63, 3.8) is 0 Å². The Morgan fingerprint density at radius 2 is 2.43 bits per heavy atom. The lowest BCUT2D eigenvalue weighted by Crippen LogP contribution is -2.11. The number of unbranched alkanes of at least 4 members (excludes halogenated alkanes) is 1. The van der Waals surface area contributed by atoms with E-state index in [1.807, 2.05) is 13.3 Å². The zero-order chi connectivity index (χ0) is 5.54. The number of hydrogen-bond acceptors (Lipinski definition) is 1. The molecular formula is C5H10NO. The molecule has 1 N–H and O–H groups in total. The van der Waals surface area contributed by atoms with E-state index in [0.717, 1.165) is 13.0 Å². The summed E-state index contributed by atoms with van der Waals surface area (Å²) in [6, 6.07) is 0. The van der Waals surface area contributed by atoms with Gasteiger partial charge in [0.25, 0.3) is 0 Å². The first-order chi connectivity index (χ1) is 3.41. The fraction of sp³-hybridized carbons (Fsp3) is 0.600. The second-order valence-electron chi connectivity index (χ2n) is 1.27. The first-order valence-electron chi connectivity index (χ1n) is 2.36. The van der Waals surface area contributed by atoms with Crippen molar-refractivity contribution in [3.8, 4) is 0 Å². The van der Waals surface area contributed by atoms with E-state index in [1.54, 1.807) is 0 Å². The van der Waals surface area contributed by atoms with Crippen molar-refractivity contribution in [1.29, 1.82) is 0 Å². The maximum absolute atomic E-state index is 9.55. The molecule has 0 bridgehead atoms. The predicted molar refractivity (Wildman–Crippen MR) is 28.7 cm³/mol. The SMILES string of the molecule is C[CH]CCNC=O. The molecule has 41 valence electrons. The van der Waals surface area contributed by atoms with Crippen LogP contribution in [0.1, 0.15) is 13.3 Å². The van der Waals surface area contributed by atoms with Crippen LogP contribution in [0.4, 0.5) is 0 Å². The zero-order valence-electron chi connectivity index (χ0n) is 4.48. The molecule has 0 aromatic heterocycles. The van der Waals surface area contributed by atoms with Crippen molar-refractivity contribution in [1.82, 2.24) is 5.32 Å². The summed E-state index contributed by atoms with van der Waals surface area (Å²) in [6.07, 6.45) is 3.68. The largest absolute Gasteiger partial charge is 0.359 e. The van der Waals surface area contributed by atoms with Crippen LogP contribution in [-0.4, -0.2) is 13.0 Å². The molecule has 0 heterocycles. The van der Waals surface area contributed by atoms with Crippen molar-refractivity contribution in [2.45, 2.75) is 13.3 Å². The minimum absolute atomic E-state index is 0.712. The Bertz CT molecular complexity index is 45.3. The lowest BCUT2D eigenvalue weighted by molar-refractivity contribution is -0.109. The number of amides is 1. The summed E-state index contributed by atoms with van der Waals surface area (Å²) in [5.74, 6) is 0. The summed E-state index contributed by atoms with van der Waals surface area (Å²) < 4.78 is 0. The van der Waals surface area contributed by atoms with Gasteiger partial charge in [0.1, 0.15) is 0 Å². The molecule has 0 atom stereocenters. The van der Waals surface area contributed by atoms with E-state index in [0.29, 0.717) is 6.41 Å². The third-order valence-electron chi connectivity index (χ3n) is 0.661. The molecule has 0 aromatic carbocycles. The fourth-order valence-corrected chi connectivity index (χ4v) is 0.287. The maximum Gasteiger partial charge on any atom is 0.207 e. The van der Waals surface area contributed by atoms with Gasteiger partial charge in [-0.2, -0.15) is 0 Å². The van der Waals surface area contributed by atoms with Crippen LogP contribution in [0.25, 0.3) is 0 Å². The molecule has 0 saturated heterocycles. The number of rotatable bonds is 4. The summed E-state index contributed by atoms with van der Waals surface area (Å²) in [5, 5.41) is 2.54. The Kier molecular flexibility index (Phi) is 5.06. The van der Waals surface area contributed by atoms with Gasteiger partial charge in [0.05, 0.1) is 0 Å². The molecular weight excluding hydrogens is 90.1 g/mol. The van der Waals surface area contributed by atoms with Crippen molar-refractivity contribution >= 4 is 6.41 Å². The third kappa shape index (κ3) is 5.47. The lowest BCUT2D eigenvalue weighted by Gasteiger charge is -1.90. The Morgan fingerprint density at radius 1 is 1.71 bits per heavy atom. The average Bonchev–Trinajstić information content (AvgIpc) is 1.69. The lowest BCUT2D eigenvalue weighted by atomic mass is 10.3. The number of carbonyl (C=O) groups excluding carboxylic acids is 1. The highest BCUT2D eigenvalue weighted by molar-refractivity contribution is 5.45. The smallest absolute Gasteiger partial charge is 0.207 e. The number of hydrogen-bond donors (Lipinski definition) is 1. The zero-order valence-corrected chi connectivity index (χ0v) is 4.48. The van der Waals surface area contributed by atoms with E-state index in [4.69, 9.17) is 0 Å². The number of carbonyl (C=O) groups is 1. The van der Waals surface area contributed by atoms with Gasteiger partial charge in [-0.1, -0.05) is 6.92 Å². The molecule has 0 fully saturated rings. The van der Waals surface area contributed by atoms with E-state index in [2.05, 4.69) is 5.32 Å². The van der Waals surface area contributed by atoms with Crippen molar-refractivity contribution in [2.75, 3.05) is 6.54 Å². The van der Waals surface area contributed by atoms with E-state index in [1.165, 1.54) is 0 Å². The Labute approximate surface area is 43.9 Å². The first-order valence-corrected chi connectivity index (χ1v) is 2.36. The molecule has 1 amide bonds. The van der Waals surface area contributed by atoms with Crippen LogP contribution in [0.3, 0.4) is 0 Å². The number of nitrogens with one attached hydrogen (secondary N) is 1. The highest BCUT2D eigenvalue weighted by Gasteiger charge is 1.76. The van der Waals surface area contributed by atoms with Crippen molar-refractivity contribution in [3.05, 3.63) is 6.42 Å². The topological polar surface area (TPSA) is 29.1 Å². The van der Waals surface area contributed by atoms with Gasteiger partial charge < -0.3 is 5.32 Å². The highest BCUT2D eigenvalue weighted by Crippen LogP contribution is 1.77. The Hall–Kier alpha value is -0.530. The van der Waals surface area contributed by atoms with Gasteiger partial charge in [-0.3, -0.25) is 4.79 Å². The van der Waals surface area contributed by atoms with Crippen LogP contribution in [-0.2, 0) is 4.79 Å². The van der Waals surface area contributed by atoms with Crippen LogP contribution in [0.5, 0.6) is 0 Å².